The normalized spacial score (nSPS) is 12.0. The van der Waals surface area contributed by atoms with Gasteiger partial charge in [0.15, 0.2) is 0 Å². The molecule has 0 spiro atoms. The van der Waals surface area contributed by atoms with E-state index in [0.717, 1.165) is 5.56 Å². The molecule has 0 saturated carbocycles. The summed E-state index contributed by atoms with van der Waals surface area (Å²) in [6, 6.07) is 9.95. The van der Waals surface area contributed by atoms with Crippen molar-refractivity contribution in [1.82, 2.24) is 4.98 Å². The van der Waals surface area contributed by atoms with Crippen LogP contribution in [-0.4, -0.2) is 17.0 Å². The van der Waals surface area contributed by atoms with Crippen LogP contribution in [0.25, 0.3) is 0 Å². The fourth-order valence-electron chi connectivity index (χ4n) is 1.97. The van der Waals surface area contributed by atoms with Gasteiger partial charge in [0.2, 0.25) is 5.82 Å². The van der Waals surface area contributed by atoms with Crippen LogP contribution in [-0.2, 0) is 0 Å². The first-order valence-electron chi connectivity index (χ1n) is 6.19. The minimum atomic E-state index is -0.469. The van der Waals surface area contributed by atoms with Gasteiger partial charge in [-0.3, -0.25) is 10.1 Å². The van der Waals surface area contributed by atoms with Crippen molar-refractivity contribution in [2.24, 2.45) is 0 Å². The summed E-state index contributed by atoms with van der Waals surface area (Å²) in [5.74, 6) is 0.231. The van der Waals surface area contributed by atoms with E-state index in [2.05, 4.69) is 4.98 Å². The molecule has 0 N–H and O–H groups in total. The zero-order valence-corrected chi connectivity index (χ0v) is 13.0. The van der Waals surface area contributed by atoms with Crippen molar-refractivity contribution in [1.29, 1.82) is 0 Å². The largest absolute Gasteiger partial charge is 0.347 e. The predicted octanol–water partition coefficient (Wildman–Crippen LogP) is 4.49. The molecule has 0 saturated heterocycles. The summed E-state index contributed by atoms with van der Waals surface area (Å²) in [6.07, 6.45) is 0. The maximum atomic E-state index is 11.1. The average Bonchev–Trinajstić information content (AvgIpc) is 2.46. The van der Waals surface area contributed by atoms with Gasteiger partial charge >= 0.3 is 5.69 Å². The number of rotatable bonds is 4. The quantitative estimate of drug-likeness (QED) is 0.472. The topological polar surface area (TPSA) is 59.3 Å². The summed E-state index contributed by atoms with van der Waals surface area (Å²) in [5.41, 5.74) is 0.890. The van der Waals surface area contributed by atoms with Gasteiger partial charge in [-0.15, -0.1) is 0 Å². The zero-order valence-electron chi connectivity index (χ0n) is 11.5. The van der Waals surface area contributed by atoms with Crippen molar-refractivity contribution in [2.75, 3.05) is 11.9 Å². The molecule has 1 atom stereocenters. The summed E-state index contributed by atoms with van der Waals surface area (Å²) < 4.78 is 0. The maximum Gasteiger partial charge on any atom is 0.311 e. The zero-order chi connectivity index (χ0) is 15.6. The van der Waals surface area contributed by atoms with Crippen LogP contribution in [0.2, 0.25) is 10.2 Å². The van der Waals surface area contributed by atoms with E-state index < -0.39 is 4.92 Å². The lowest BCUT2D eigenvalue weighted by atomic mass is 10.1. The van der Waals surface area contributed by atoms with Gasteiger partial charge < -0.3 is 4.90 Å². The molecule has 1 heterocycles. The maximum absolute atomic E-state index is 11.1. The Kier molecular flexibility index (Phi) is 4.65. The lowest BCUT2D eigenvalue weighted by molar-refractivity contribution is -0.384. The molecule has 21 heavy (non-hydrogen) atoms. The highest BCUT2D eigenvalue weighted by Gasteiger charge is 2.23. The van der Waals surface area contributed by atoms with Gasteiger partial charge in [-0.05, 0) is 30.7 Å². The van der Waals surface area contributed by atoms with Gasteiger partial charge in [0.25, 0.3) is 0 Å². The van der Waals surface area contributed by atoms with E-state index >= 15 is 0 Å². The molecule has 0 aliphatic heterocycles. The monoisotopic (exact) mass is 325 g/mol. The summed E-state index contributed by atoms with van der Waals surface area (Å²) in [7, 11) is 1.74. The third-order valence-electron chi connectivity index (χ3n) is 3.28. The lowest BCUT2D eigenvalue weighted by Gasteiger charge is -2.26. The van der Waals surface area contributed by atoms with E-state index in [-0.39, 0.29) is 22.7 Å². The molecule has 2 rings (SSSR count). The Morgan fingerprint density at radius 2 is 1.81 bits per heavy atom. The number of pyridine rings is 1. The van der Waals surface area contributed by atoms with Crippen molar-refractivity contribution in [3.05, 3.63) is 62.3 Å². The fraction of sp³-hybridized carbons (Fsp3) is 0.214. The second kappa shape index (κ2) is 6.28. The average molecular weight is 326 g/mol. The van der Waals surface area contributed by atoms with E-state index in [4.69, 9.17) is 23.2 Å². The minimum Gasteiger partial charge on any atom is -0.347 e. The highest BCUT2D eigenvalue weighted by atomic mass is 35.5. The van der Waals surface area contributed by atoms with E-state index in [1.165, 1.54) is 12.1 Å². The number of benzene rings is 1. The summed E-state index contributed by atoms with van der Waals surface area (Å²) in [6.45, 7) is 1.93. The van der Waals surface area contributed by atoms with E-state index in [1.54, 1.807) is 24.1 Å². The van der Waals surface area contributed by atoms with Gasteiger partial charge in [-0.1, -0.05) is 35.3 Å². The summed E-state index contributed by atoms with van der Waals surface area (Å²) in [4.78, 5) is 16.4. The Morgan fingerprint density at radius 1 is 1.19 bits per heavy atom. The molecule has 110 valence electrons. The first-order valence-corrected chi connectivity index (χ1v) is 6.95. The van der Waals surface area contributed by atoms with E-state index in [0.29, 0.717) is 5.02 Å². The van der Waals surface area contributed by atoms with Crippen LogP contribution in [0.15, 0.2) is 36.4 Å². The van der Waals surface area contributed by atoms with Crippen LogP contribution in [0.1, 0.15) is 18.5 Å². The number of hydrogen-bond donors (Lipinski definition) is 0. The molecule has 7 heteroatoms. The summed E-state index contributed by atoms with van der Waals surface area (Å²) in [5, 5.41) is 12.0. The Morgan fingerprint density at radius 3 is 2.38 bits per heavy atom. The number of halogens is 2. The molecule has 2 aromatic rings. The molecule has 0 aliphatic rings. The lowest BCUT2D eigenvalue weighted by Crippen LogP contribution is -2.23. The van der Waals surface area contributed by atoms with E-state index in [1.807, 2.05) is 19.1 Å². The van der Waals surface area contributed by atoms with Crippen molar-refractivity contribution in [3.8, 4) is 0 Å². The second-order valence-corrected chi connectivity index (χ2v) is 5.40. The number of nitro groups is 1. The molecule has 0 fully saturated rings. The molecule has 1 aromatic heterocycles. The summed E-state index contributed by atoms with van der Waals surface area (Å²) >= 11 is 11.7. The van der Waals surface area contributed by atoms with Gasteiger partial charge in [0.1, 0.15) is 5.15 Å². The number of nitrogens with zero attached hydrogens (tertiary/aromatic N) is 3. The number of hydrogen-bond acceptors (Lipinski definition) is 4. The van der Waals surface area contributed by atoms with Gasteiger partial charge in [-0.2, -0.15) is 0 Å². The van der Waals surface area contributed by atoms with Crippen molar-refractivity contribution in [3.63, 3.8) is 0 Å². The second-order valence-electron chi connectivity index (χ2n) is 4.57. The van der Waals surface area contributed by atoms with Crippen LogP contribution in [0.3, 0.4) is 0 Å². The standard InChI is InChI=1S/C14H13Cl2N3O2/c1-9(10-3-5-11(15)6-4-10)18(2)14-12(19(20)21)7-8-13(16)17-14/h3-9H,1-2H3. The smallest absolute Gasteiger partial charge is 0.311 e. The molecule has 0 amide bonds. The minimum absolute atomic E-state index is 0.0808. The first kappa shape index (κ1) is 15.5. The van der Waals surface area contributed by atoms with Crippen LogP contribution < -0.4 is 4.90 Å². The third kappa shape index (κ3) is 3.43. The SMILES string of the molecule is CC(c1ccc(Cl)cc1)N(C)c1nc(Cl)ccc1[N+](=O)[O-]. The van der Waals surface area contributed by atoms with Gasteiger partial charge in [-0.25, -0.2) is 4.98 Å². The Labute approximate surface area is 132 Å². The predicted molar refractivity (Wildman–Crippen MR) is 84.2 cm³/mol. The highest BCUT2D eigenvalue weighted by molar-refractivity contribution is 6.30. The molecule has 1 aromatic carbocycles. The Hall–Kier alpha value is -1.85. The molecule has 0 radical (unpaired) electrons. The van der Waals surface area contributed by atoms with Gasteiger partial charge in [0.05, 0.1) is 11.0 Å². The molecular formula is C14H13Cl2N3O2. The van der Waals surface area contributed by atoms with Gasteiger partial charge in [0, 0.05) is 18.1 Å². The Balaban J connectivity index is 2.39. The van der Waals surface area contributed by atoms with Crippen LogP contribution in [0.5, 0.6) is 0 Å². The number of aromatic nitrogens is 1. The van der Waals surface area contributed by atoms with Crippen molar-refractivity contribution < 1.29 is 4.92 Å². The highest BCUT2D eigenvalue weighted by Crippen LogP contribution is 2.32. The molecule has 0 bridgehead atoms. The molecule has 5 nitrogen and oxygen atoms in total. The first-order chi connectivity index (χ1) is 9.90. The van der Waals surface area contributed by atoms with E-state index in [9.17, 15) is 10.1 Å². The van der Waals surface area contributed by atoms with Crippen molar-refractivity contribution >= 4 is 34.7 Å². The molecule has 1 unspecified atom stereocenters. The molecule has 0 aliphatic carbocycles. The molecular weight excluding hydrogens is 313 g/mol. The van der Waals surface area contributed by atoms with Crippen LogP contribution in [0, 0.1) is 10.1 Å². The number of anilines is 1. The fourth-order valence-corrected chi connectivity index (χ4v) is 2.24. The van der Waals surface area contributed by atoms with Crippen molar-refractivity contribution in [2.45, 2.75) is 13.0 Å². The van der Waals surface area contributed by atoms with Crippen LogP contribution >= 0.6 is 23.2 Å². The Bertz CT molecular complexity index is 662. The van der Waals surface area contributed by atoms with Crippen LogP contribution in [0.4, 0.5) is 11.5 Å². The third-order valence-corrected chi connectivity index (χ3v) is 3.75.